The van der Waals surface area contributed by atoms with E-state index in [4.69, 9.17) is 4.74 Å². The number of aryl methyl sites for hydroxylation is 1. The van der Waals surface area contributed by atoms with E-state index < -0.39 is 0 Å². The Morgan fingerprint density at radius 1 is 1.17 bits per heavy atom. The Labute approximate surface area is 145 Å². The summed E-state index contributed by atoms with van der Waals surface area (Å²) in [6.45, 7) is 2.87. The average molecular weight is 345 g/mol. The standard InChI is InChI=1S/C18H20N2OS2/c1-13-12-23-18(20-13)17(10-16-4-3-9-22-16)19-11-14-5-7-15(21-2)8-6-14/h3-9,12,17,19H,10-11H2,1-2H3/t17-/m0/s1. The zero-order valence-electron chi connectivity index (χ0n) is 13.3. The number of aromatic nitrogens is 1. The summed E-state index contributed by atoms with van der Waals surface area (Å²) in [6, 6.07) is 12.7. The number of thiazole rings is 1. The number of nitrogens with one attached hydrogen (secondary N) is 1. The summed E-state index contributed by atoms with van der Waals surface area (Å²) in [4.78, 5) is 6.05. The van der Waals surface area contributed by atoms with Crippen molar-refractivity contribution in [3.63, 3.8) is 0 Å². The van der Waals surface area contributed by atoms with Gasteiger partial charge in [-0.05, 0) is 36.1 Å². The minimum absolute atomic E-state index is 0.245. The Morgan fingerprint density at radius 2 is 2.00 bits per heavy atom. The molecule has 0 saturated carbocycles. The highest BCUT2D eigenvalue weighted by molar-refractivity contribution is 7.10. The highest BCUT2D eigenvalue weighted by atomic mass is 32.1. The molecule has 0 unspecified atom stereocenters. The Hall–Kier alpha value is -1.69. The molecule has 3 aromatic rings. The van der Waals surface area contributed by atoms with Crippen molar-refractivity contribution in [2.45, 2.75) is 25.9 Å². The van der Waals surface area contributed by atoms with Crippen LogP contribution < -0.4 is 10.1 Å². The molecule has 1 N–H and O–H groups in total. The van der Waals surface area contributed by atoms with Crippen molar-refractivity contribution >= 4 is 22.7 Å². The number of thiophene rings is 1. The molecule has 0 spiro atoms. The fourth-order valence-electron chi connectivity index (χ4n) is 2.39. The first-order valence-electron chi connectivity index (χ1n) is 7.55. The molecule has 0 aliphatic carbocycles. The topological polar surface area (TPSA) is 34.1 Å². The van der Waals surface area contributed by atoms with Crippen LogP contribution in [0.25, 0.3) is 0 Å². The van der Waals surface area contributed by atoms with Gasteiger partial charge in [0.05, 0.1) is 13.2 Å². The SMILES string of the molecule is COc1ccc(CN[C@@H](Cc2cccs2)c2nc(C)cs2)cc1. The number of nitrogens with zero attached hydrogens (tertiary/aromatic N) is 1. The smallest absolute Gasteiger partial charge is 0.118 e. The van der Waals surface area contributed by atoms with Gasteiger partial charge in [0.2, 0.25) is 0 Å². The summed E-state index contributed by atoms with van der Waals surface area (Å²) >= 11 is 3.53. The second kappa shape index (κ2) is 7.73. The molecule has 0 saturated heterocycles. The van der Waals surface area contributed by atoms with Crippen LogP contribution >= 0.6 is 22.7 Å². The van der Waals surface area contributed by atoms with Gasteiger partial charge in [0.1, 0.15) is 10.8 Å². The van der Waals surface area contributed by atoms with E-state index in [1.54, 1.807) is 29.8 Å². The van der Waals surface area contributed by atoms with Crippen LogP contribution in [-0.4, -0.2) is 12.1 Å². The largest absolute Gasteiger partial charge is 0.497 e. The van der Waals surface area contributed by atoms with Crippen molar-refractivity contribution in [1.82, 2.24) is 10.3 Å². The van der Waals surface area contributed by atoms with Gasteiger partial charge >= 0.3 is 0 Å². The molecule has 0 aliphatic heterocycles. The van der Waals surface area contributed by atoms with Gasteiger partial charge in [-0.2, -0.15) is 0 Å². The molecule has 120 valence electrons. The third kappa shape index (κ3) is 4.41. The van der Waals surface area contributed by atoms with Gasteiger partial charge in [-0.1, -0.05) is 18.2 Å². The van der Waals surface area contributed by atoms with E-state index in [-0.39, 0.29) is 6.04 Å². The summed E-state index contributed by atoms with van der Waals surface area (Å²) in [5, 5.41) is 9.06. The molecule has 0 fully saturated rings. The normalized spacial score (nSPS) is 12.3. The van der Waals surface area contributed by atoms with Crippen LogP contribution in [0.1, 0.15) is 27.2 Å². The molecule has 23 heavy (non-hydrogen) atoms. The Kier molecular flexibility index (Phi) is 5.43. The van der Waals surface area contributed by atoms with Gasteiger partial charge in [-0.3, -0.25) is 0 Å². The zero-order valence-corrected chi connectivity index (χ0v) is 14.9. The molecule has 3 nitrogen and oxygen atoms in total. The number of benzene rings is 1. The maximum Gasteiger partial charge on any atom is 0.118 e. The molecule has 0 radical (unpaired) electrons. The third-order valence-electron chi connectivity index (χ3n) is 3.63. The predicted octanol–water partition coefficient (Wildman–Crippen LogP) is 4.60. The molecular weight excluding hydrogens is 324 g/mol. The zero-order chi connectivity index (χ0) is 16.1. The maximum absolute atomic E-state index is 5.21. The Balaban J connectivity index is 1.70. The summed E-state index contributed by atoms with van der Waals surface area (Å²) in [7, 11) is 1.69. The minimum Gasteiger partial charge on any atom is -0.497 e. The number of rotatable bonds is 7. The minimum atomic E-state index is 0.245. The van der Waals surface area contributed by atoms with E-state index in [9.17, 15) is 0 Å². The highest BCUT2D eigenvalue weighted by Crippen LogP contribution is 2.24. The van der Waals surface area contributed by atoms with Crippen LogP contribution in [0.15, 0.2) is 47.2 Å². The summed E-state index contributed by atoms with van der Waals surface area (Å²) in [5.74, 6) is 0.888. The van der Waals surface area contributed by atoms with E-state index in [1.807, 2.05) is 19.1 Å². The molecule has 0 bridgehead atoms. The van der Waals surface area contributed by atoms with Crippen molar-refractivity contribution in [3.05, 3.63) is 68.3 Å². The number of hydrogen-bond acceptors (Lipinski definition) is 5. The van der Waals surface area contributed by atoms with E-state index >= 15 is 0 Å². The van der Waals surface area contributed by atoms with Crippen LogP contribution in [0.5, 0.6) is 5.75 Å². The van der Waals surface area contributed by atoms with Gasteiger partial charge < -0.3 is 10.1 Å². The lowest BCUT2D eigenvalue weighted by molar-refractivity contribution is 0.414. The fourth-order valence-corrected chi connectivity index (χ4v) is 4.02. The highest BCUT2D eigenvalue weighted by Gasteiger charge is 2.16. The lowest BCUT2D eigenvalue weighted by Gasteiger charge is -2.16. The summed E-state index contributed by atoms with van der Waals surface area (Å²) in [6.07, 6.45) is 0.973. The van der Waals surface area contributed by atoms with Gasteiger partial charge in [0.25, 0.3) is 0 Å². The van der Waals surface area contributed by atoms with Crippen LogP contribution in [0, 0.1) is 6.92 Å². The van der Waals surface area contributed by atoms with E-state index in [1.165, 1.54) is 10.4 Å². The molecule has 0 aliphatic rings. The third-order valence-corrected chi connectivity index (χ3v) is 5.61. The quantitative estimate of drug-likeness (QED) is 0.680. The second-order valence-electron chi connectivity index (χ2n) is 5.39. The lowest BCUT2D eigenvalue weighted by atomic mass is 10.1. The van der Waals surface area contributed by atoms with Crippen LogP contribution in [-0.2, 0) is 13.0 Å². The van der Waals surface area contributed by atoms with Crippen molar-refractivity contribution in [2.75, 3.05) is 7.11 Å². The van der Waals surface area contributed by atoms with Crippen molar-refractivity contribution in [1.29, 1.82) is 0 Å². The molecule has 0 amide bonds. The van der Waals surface area contributed by atoms with Crippen LogP contribution in [0.4, 0.5) is 0 Å². The molecule has 1 atom stereocenters. The number of ether oxygens (including phenoxy) is 1. The summed E-state index contributed by atoms with van der Waals surface area (Å²) in [5.41, 5.74) is 2.34. The van der Waals surface area contributed by atoms with Crippen LogP contribution in [0.3, 0.4) is 0 Å². The molecule has 3 rings (SSSR count). The predicted molar refractivity (Wildman–Crippen MR) is 97.4 cm³/mol. The maximum atomic E-state index is 5.21. The van der Waals surface area contributed by atoms with Crippen molar-refractivity contribution in [3.8, 4) is 5.75 Å². The van der Waals surface area contributed by atoms with Gasteiger partial charge in [0, 0.05) is 28.9 Å². The molecule has 2 heterocycles. The number of methoxy groups -OCH3 is 1. The van der Waals surface area contributed by atoms with Crippen molar-refractivity contribution in [2.24, 2.45) is 0 Å². The number of hydrogen-bond donors (Lipinski definition) is 1. The lowest BCUT2D eigenvalue weighted by Crippen LogP contribution is -2.22. The van der Waals surface area contributed by atoms with Crippen LogP contribution in [0.2, 0.25) is 0 Å². The monoisotopic (exact) mass is 344 g/mol. The van der Waals surface area contributed by atoms with E-state index in [0.717, 1.165) is 29.4 Å². The first-order valence-corrected chi connectivity index (χ1v) is 9.31. The van der Waals surface area contributed by atoms with E-state index in [0.29, 0.717) is 0 Å². The first kappa shape index (κ1) is 16.2. The molecule has 2 aromatic heterocycles. The molecular formula is C18H20N2OS2. The first-order chi connectivity index (χ1) is 11.2. The molecule has 5 heteroatoms. The average Bonchev–Trinajstić information content (AvgIpc) is 3.23. The fraction of sp³-hybridized carbons (Fsp3) is 0.278. The van der Waals surface area contributed by atoms with Gasteiger partial charge in [-0.25, -0.2) is 4.98 Å². The van der Waals surface area contributed by atoms with E-state index in [2.05, 4.69) is 45.3 Å². The van der Waals surface area contributed by atoms with Gasteiger partial charge in [-0.15, -0.1) is 22.7 Å². The Bertz CT molecular complexity index is 720. The molecule has 1 aromatic carbocycles. The Morgan fingerprint density at radius 3 is 2.61 bits per heavy atom. The summed E-state index contributed by atoms with van der Waals surface area (Å²) < 4.78 is 5.21. The second-order valence-corrected chi connectivity index (χ2v) is 7.31. The van der Waals surface area contributed by atoms with Crippen molar-refractivity contribution < 1.29 is 4.74 Å². The van der Waals surface area contributed by atoms with Gasteiger partial charge in [0.15, 0.2) is 0 Å².